The zero-order chi connectivity index (χ0) is 23.4. The Morgan fingerprint density at radius 3 is 2.21 bits per heavy atom. The van der Waals surface area contributed by atoms with Gasteiger partial charge in [-0.1, -0.05) is 74.5 Å². The van der Waals surface area contributed by atoms with E-state index >= 15 is 0 Å². The van der Waals surface area contributed by atoms with E-state index in [0.29, 0.717) is 9.70 Å². The van der Waals surface area contributed by atoms with Crippen molar-refractivity contribution >= 4 is 38.1 Å². The monoisotopic (exact) mass is 459 g/mol. The Labute approximate surface area is 196 Å². The van der Waals surface area contributed by atoms with Crippen LogP contribution in [0.25, 0.3) is 10.1 Å². The van der Waals surface area contributed by atoms with Gasteiger partial charge in [0, 0.05) is 16.5 Å². The molecule has 4 aromatic rings. The molecule has 0 saturated carbocycles. The maximum absolute atomic E-state index is 13.1. The summed E-state index contributed by atoms with van der Waals surface area (Å²) in [6.07, 6.45) is 0. The second-order valence-electron chi connectivity index (χ2n) is 7.83. The van der Waals surface area contributed by atoms with Gasteiger partial charge in [-0.15, -0.1) is 11.3 Å². The van der Waals surface area contributed by atoms with Crippen molar-refractivity contribution in [1.29, 1.82) is 0 Å². The summed E-state index contributed by atoms with van der Waals surface area (Å²) in [4.78, 5) is 30.1. The second kappa shape index (κ2) is 9.92. The quantitative estimate of drug-likeness (QED) is 0.277. The molecule has 33 heavy (non-hydrogen) atoms. The Hall–Kier alpha value is -3.58. The molecular formula is C26H25N3O3S. The fourth-order valence-corrected chi connectivity index (χ4v) is 4.58. The number of hydrogen-bond acceptors (Lipinski definition) is 6. The number of carbonyl (C=O) groups is 1. The summed E-state index contributed by atoms with van der Waals surface area (Å²) in [5.74, 6) is -0.415. The molecule has 2 aromatic heterocycles. The molecule has 0 atom stereocenters. The third kappa shape index (κ3) is 4.93. The molecule has 0 amide bonds. The van der Waals surface area contributed by atoms with Crippen molar-refractivity contribution in [2.45, 2.75) is 33.2 Å². The van der Waals surface area contributed by atoms with Crippen LogP contribution in [0.15, 0.2) is 76.5 Å². The average molecular weight is 460 g/mol. The third-order valence-corrected chi connectivity index (χ3v) is 6.12. The van der Waals surface area contributed by atoms with Crippen LogP contribution in [-0.2, 0) is 16.1 Å². The molecule has 168 valence electrons. The van der Waals surface area contributed by atoms with E-state index in [4.69, 9.17) is 9.73 Å². The zero-order valence-electron chi connectivity index (χ0n) is 18.8. The molecular weight excluding hydrogens is 434 g/mol. The first-order valence-electron chi connectivity index (χ1n) is 10.9. The van der Waals surface area contributed by atoms with Gasteiger partial charge in [0.2, 0.25) is 0 Å². The van der Waals surface area contributed by atoms with Crippen molar-refractivity contribution in [1.82, 2.24) is 9.78 Å². The van der Waals surface area contributed by atoms with E-state index in [-0.39, 0.29) is 24.6 Å². The predicted molar refractivity (Wildman–Crippen MR) is 133 cm³/mol. The summed E-state index contributed by atoms with van der Waals surface area (Å²) in [5, 5.41) is 5.98. The predicted octanol–water partition coefficient (Wildman–Crippen LogP) is 5.31. The summed E-state index contributed by atoms with van der Waals surface area (Å²) >= 11 is 1.31. The number of rotatable bonds is 7. The highest BCUT2D eigenvalue weighted by molar-refractivity contribution is 7.22. The SMILES string of the molecule is CCOC(=O)Cn1nc(C(C)C)c2cc(N=C(c3ccccc3)c3ccccc3)sc2c1=O. The lowest BCUT2D eigenvalue weighted by molar-refractivity contribution is -0.144. The van der Waals surface area contributed by atoms with Crippen molar-refractivity contribution in [2.24, 2.45) is 4.99 Å². The maximum Gasteiger partial charge on any atom is 0.327 e. The second-order valence-corrected chi connectivity index (χ2v) is 8.86. The number of nitrogens with zero attached hydrogens (tertiary/aromatic N) is 3. The van der Waals surface area contributed by atoms with E-state index in [9.17, 15) is 9.59 Å². The molecule has 0 aliphatic heterocycles. The number of thiophene rings is 1. The first-order valence-corrected chi connectivity index (χ1v) is 11.7. The molecule has 0 fully saturated rings. The van der Waals surface area contributed by atoms with Gasteiger partial charge in [-0.25, -0.2) is 9.67 Å². The summed E-state index contributed by atoms with van der Waals surface area (Å²) in [6.45, 7) is 5.81. The van der Waals surface area contributed by atoms with Crippen molar-refractivity contribution in [3.05, 3.63) is 93.9 Å². The standard InChI is InChI=1S/C26H25N3O3S/c1-4-32-22(30)16-29-26(31)25-20(23(28-29)17(2)3)15-21(33-25)27-24(18-11-7-5-8-12-18)19-13-9-6-10-14-19/h5-15,17H,4,16H2,1-3H3. The molecule has 0 aliphatic carbocycles. The highest BCUT2D eigenvalue weighted by Gasteiger charge is 2.19. The lowest BCUT2D eigenvalue weighted by atomic mass is 10.0. The van der Waals surface area contributed by atoms with Crippen molar-refractivity contribution < 1.29 is 9.53 Å². The van der Waals surface area contributed by atoms with Crippen LogP contribution < -0.4 is 5.56 Å². The van der Waals surface area contributed by atoms with Gasteiger partial charge < -0.3 is 4.74 Å². The third-order valence-electron chi connectivity index (χ3n) is 5.10. The summed E-state index contributed by atoms with van der Waals surface area (Å²) in [6, 6.07) is 21.9. The Morgan fingerprint density at radius 2 is 1.67 bits per heavy atom. The topological polar surface area (TPSA) is 73.6 Å². The van der Waals surface area contributed by atoms with E-state index < -0.39 is 5.97 Å². The fraction of sp³-hybridized carbons (Fsp3) is 0.231. The van der Waals surface area contributed by atoms with E-state index in [1.165, 1.54) is 16.0 Å². The van der Waals surface area contributed by atoms with Crippen molar-refractivity contribution in [2.75, 3.05) is 6.61 Å². The number of hydrogen-bond donors (Lipinski definition) is 0. The van der Waals surface area contributed by atoms with Crippen molar-refractivity contribution in [3.8, 4) is 0 Å². The average Bonchev–Trinajstić information content (AvgIpc) is 3.24. The normalized spacial score (nSPS) is 11.0. The first kappa shape index (κ1) is 22.6. The summed E-state index contributed by atoms with van der Waals surface area (Å²) in [5.41, 5.74) is 3.25. The van der Waals surface area contributed by atoms with Crippen molar-refractivity contribution in [3.63, 3.8) is 0 Å². The summed E-state index contributed by atoms with van der Waals surface area (Å²) < 4.78 is 6.75. The Balaban J connectivity index is 1.88. The van der Waals surface area contributed by atoms with Gasteiger partial charge in [0.25, 0.3) is 5.56 Å². The Bertz CT molecular complexity index is 1310. The van der Waals surface area contributed by atoms with Gasteiger partial charge in [-0.05, 0) is 18.9 Å². The van der Waals surface area contributed by atoms with Gasteiger partial charge in [0.15, 0.2) is 0 Å². The Kier molecular flexibility index (Phi) is 6.79. The number of aromatic nitrogens is 2. The fourth-order valence-electron chi connectivity index (χ4n) is 3.59. The number of benzene rings is 2. The zero-order valence-corrected chi connectivity index (χ0v) is 19.6. The Morgan fingerprint density at radius 1 is 1.06 bits per heavy atom. The van der Waals surface area contributed by atoms with Crippen LogP contribution in [0.2, 0.25) is 0 Å². The van der Waals surface area contributed by atoms with E-state index in [1.807, 2.05) is 80.6 Å². The molecule has 2 heterocycles. The highest BCUT2D eigenvalue weighted by atomic mass is 32.1. The highest BCUT2D eigenvalue weighted by Crippen LogP contribution is 2.34. The van der Waals surface area contributed by atoms with Crippen LogP contribution in [0.5, 0.6) is 0 Å². The van der Waals surface area contributed by atoms with Crippen LogP contribution in [-0.4, -0.2) is 28.1 Å². The van der Waals surface area contributed by atoms with E-state index in [1.54, 1.807) is 6.92 Å². The number of ether oxygens (including phenoxy) is 1. The van der Waals surface area contributed by atoms with Crippen LogP contribution in [0, 0.1) is 0 Å². The molecule has 2 aromatic carbocycles. The largest absolute Gasteiger partial charge is 0.465 e. The lowest BCUT2D eigenvalue weighted by Crippen LogP contribution is -2.28. The maximum atomic E-state index is 13.1. The molecule has 0 spiro atoms. The van der Waals surface area contributed by atoms with Crippen LogP contribution >= 0.6 is 11.3 Å². The molecule has 0 radical (unpaired) electrons. The number of fused-ring (bicyclic) bond motifs is 1. The molecule has 0 aliphatic rings. The minimum atomic E-state index is -0.480. The van der Waals surface area contributed by atoms with Crippen LogP contribution in [0.3, 0.4) is 0 Å². The minimum absolute atomic E-state index is 0.0655. The summed E-state index contributed by atoms with van der Waals surface area (Å²) in [7, 11) is 0. The molecule has 6 nitrogen and oxygen atoms in total. The van der Waals surface area contributed by atoms with Gasteiger partial charge in [0.1, 0.15) is 16.2 Å². The molecule has 4 rings (SSSR count). The molecule has 7 heteroatoms. The van der Waals surface area contributed by atoms with Gasteiger partial charge in [-0.2, -0.15) is 5.10 Å². The number of carbonyl (C=O) groups excluding carboxylic acids is 1. The smallest absolute Gasteiger partial charge is 0.327 e. The van der Waals surface area contributed by atoms with Gasteiger partial charge in [-0.3, -0.25) is 9.59 Å². The van der Waals surface area contributed by atoms with E-state index in [0.717, 1.165) is 27.9 Å². The number of esters is 1. The molecule has 0 saturated heterocycles. The van der Waals surface area contributed by atoms with Gasteiger partial charge in [0.05, 0.1) is 18.0 Å². The molecule has 0 unspecified atom stereocenters. The van der Waals surface area contributed by atoms with Crippen LogP contribution in [0.1, 0.15) is 43.5 Å². The minimum Gasteiger partial charge on any atom is -0.465 e. The first-order chi connectivity index (χ1) is 16.0. The number of aliphatic imine (C=N–C) groups is 1. The van der Waals surface area contributed by atoms with Gasteiger partial charge >= 0.3 is 5.97 Å². The molecule has 0 bridgehead atoms. The van der Waals surface area contributed by atoms with Crippen LogP contribution in [0.4, 0.5) is 5.00 Å². The van der Waals surface area contributed by atoms with E-state index in [2.05, 4.69) is 5.10 Å². The molecule has 0 N–H and O–H groups in total. The lowest BCUT2D eigenvalue weighted by Gasteiger charge is -2.10.